The number of nitrogens with two attached hydrogens (primary N) is 1. The molecule has 1 atom stereocenters. The van der Waals surface area contributed by atoms with Crippen LogP contribution in [0.1, 0.15) is 27.2 Å². The number of likely N-dealkylation sites (N-methyl/N-ethyl adjacent to an activating group) is 2. The van der Waals surface area contributed by atoms with E-state index in [0.717, 1.165) is 19.6 Å². The normalized spacial score (nSPS) is 29.0. The molecular weight excluding hydrogens is 186 g/mol. The van der Waals surface area contributed by atoms with Crippen LogP contribution in [0.15, 0.2) is 0 Å². The van der Waals surface area contributed by atoms with Gasteiger partial charge in [-0.1, -0.05) is 20.8 Å². The SMILES string of the molecule is CN1CCC(CN)(N(C)CC(C)(C)C)C1. The molecule has 2 N–H and O–H groups in total. The van der Waals surface area contributed by atoms with Crippen LogP contribution in [0.5, 0.6) is 0 Å². The molecule has 0 spiro atoms. The highest BCUT2D eigenvalue weighted by atomic mass is 15.3. The van der Waals surface area contributed by atoms with Crippen molar-refractivity contribution >= 4 is 0 Å². The molecule has 1 aliphatic heterocycles. The molecule has 15 heavy (non-hydrogen) atoms. The van der Waals surface area contributed by atoms with Gasteiger partial charge in [-0.15, -0.1) is 0 Å². The van der Waals surface area contributed by atoms with Gasteiger partial charge in [0.1, 0.15) is 0 Å². The minimum Gasteiger partial charge on any atom is -0.329 e. The molecule has 0 aliphatic carbocycles. The molecule has 1 saturated heterocycles. The van der Waals surface area contributed by atoms with Crippen LogP contribution in [-0.2, 0) is 0 Å². The molecule has 0 bridgehead atoms. The van der Waals surface area contributed by atoms with Gasteiger partial charge in [0.05, 0.1) is 0 Å². The first kappa shape index (κ1) is 12.9. The quantitative estimate of drug-likeness (QED) is 0.759. The van der Waals surface area contributed by atoms with Gasteiger partial charge in [-0.05, 0) is 32.5 Å². The zero-order valence-corrected chi connectivity index (χ0v) is 11.0. The van der Waals surface area contributed by atoms with E-state index in [4.69, 9.17) is 5.73 Å². The Morgan fingerprint density at radius 3 is 2.33 bits per heavy atom. The summed E-state index contributed by atoms with van der Waals surface area (Å²) < 4.78 is 0. The molecule has 0 aromatic rings. The van der Waals surface area contributed by atoms with Crippen LogP contribution in [0.2, 0.25) is 0 Å². The van der Waals surface area contributed by atoms with E-state index in [0.29, 0.717) is 5.41 Å². The van der Waals surface area contributed by atoms with Crippen molar-refractivity contribution in [3.8, 4) is 0 Å². The van der Waals surface area contributed by atoms with Crippen LogP contribution in [0.25, 0.3) is 0 Å². The predicted molar refractivity (Wildman–Crippen MR) is 66.0 cm³/mol. The monoisotopic (exact) mass is 213 g/mol. The molecule has 0 radical (unpaired) electrons. The molecule has 0 amide bonds. The Kier molecular flexibility index (Phi) is 3.80. The van der Waals surface area contributed by atoms with E-state index in [-0.39, 0.29) is 5.54 Å². The highest BCUT2D eigenvalue weighted by Gasteiger charge is 2.39. The van der Waals surface area contributed by atoms with E-state index in [1.165, 1.54) is 13.0 Å². The summed E-state index contributed by atoms with van der Waals surface area (Å²) in [5.41, 5.74) is 6.54. The fourth-order valence-corrected chi connectivity index (χ4v) is 2.57. The number of nitrogens with zero attached hydrogens (tertiary/aromatic N) is 2. The van der Waals surface area contributed by atoms with Crippen molar-refractivity contribution in [2.45, 2.75) is 32.7 Å². The lowest BCUT2D eigenvalue weighted by Gasteiger charge is -2.41. The fraction of sp³-hybridized carbons (Fsp3) is 1.00. The molecule has 1 fully saturated rings. The van der Waals surface area contributed by atoms with Crippen molar-refractivity contribution in [3.05, 3.63) is 0 Å². The molecule has 0 aromatic carbocycles. The fourth-order valence-electron chi connectivity index (χ4n) is 2.57. The highest BCUT2D eigenvalue weighted by molar-refractivity contribution is 4.98. The zero-order valence-electron chi connectivity index (χ0n) is 11.0. The Balaban J connectivity index is 2.66. The van der Waals surface area contributed by atoms with E-state index in [1.54, 1.807) is 0 Å². The van der Waals surface area contributed by atoms with Gasteiger partial charge in [0, 0.05) is 25.2 Å². The van der Waals surface area contributed by atoms with Crippen molar-refractivity contribution in [2.24, 2.45) is 11.1 Å². The molecule has 0 aromatic heterocycles. The third-order valence-corrected chi connectivity index (χ3v) is 3.42. The first-order valence-corrected chi connectivity index (χ1v) is 5.89. The van der Waals surface area contributed by atoms with Crippen LogP contribution < -0.4 is 5.73 Å². The maximum atomic E-state index is 5.98. The molecule has 1 rings (SSSR count). The van der Waals surface area contributed by atoms with E-state index in [1.807, 2.05) is 0 Å². The molecule has 90 valence electrons. The van der Waals surface area contributed by atoms with Gasteiger partial charge in [-0.25, -0.2) is 0 Å². The lowest BCUT2D eigenvalue weighted by atomic mass is 9.90. The van der Waals surface area contributed by atoms with Crippen LogP contribution in [0.3, 0.4) is 0 Å². The maximum Gasteiger partial charge on any atom is 0.0467 e. The van der Waals surface area contributed by atoms with E-state index < -0.39 is 0 Å². The summed E-state index contributed by atoms with van der Waals surface area (Å²) >= 11 is 0. The molecule has 3 nitrogen and oxygen atoms in total. The highest BCUT2D eigenvalue weighted by Crippen LogP contribution is 2.28. The predicted octanol–water partition coefficient (Wildman–Crippen LogP) is 0.997. The van der Waals surface area contributed by atoms with Crippen molar-refractivity contribution in [1.29, 1.82) is 0 Å². The number of likely N-dealkylation sites (tertiary alicyclic amines) is 1. The summed E-state index contributed by atoms with van der Waals surface area (Å²) in [6, 6.07) is 0. The van der Waals surface area contributed by atoms with Gasteiger partial charge >= 0.3 is 0 Å². The third-order valence-electron chi connectivity index (χ3n) is 3.42. The first-order valence-electron chi connectivity index (χ1n) is 5.89. The summed E-state index contributed by atoms with van der Waals surface area (Å²) in [6.45, 7) is 11.0. The Morgan fingerprint density at radius 1 is 1.40 bits per heavy atom. The average Bonchev–Trinajstić information content (AvgIpc) is 2.45. The summed E-state index contributed by atoms with van der Waals surface area (Å²) in [7, 11) is 4.40. The summed E-state index contributed by atoms with van der Waals surface area (Å²) in [5.74, 6) is 0. The lowest BCUT2D eigenvalue weighted by molar-refractivity contribution is 0.0933. The van der Waals surface area contributed by atoms with Crippen molar-refractivity contribution in [2.75, 3.05) is 40.3 Å². The molecule has 1 unspecified atom stereocenters. The van der Waals surface area contributed by atoms with Crippen molar-refractivity contribution in [3.63, 3.8) is 0 Å². The second-order valence-corrected chi connectivity index (χ2v) is 6.33. The molecule has 3 heteroatoms. The van der Waals surface area contributed by atoms with E-state index in [9.17, 15) is 0 Å². The van der Waals surface area contributed by atoms with Crippen LogP contribution >= 0.6 is 0 Å². The summed E-state index contributed by atoms with van der Waals surface area (Å²) in [4.78, 5) is 4.85. The van der Waals surface area contributed by atoms with Gasteiger partial charge in [0.2, 0.25) is 0 Å². The Morgan fingerprint density at radius 2 is 2.00 bits per heavy atom. The standard InChI is InChI=1S/C12H27N3/c1-11(2,3)9-15(5)12(8-13)6-7-14(4)10-12/h6-10,13H2,1-5H3. The maximum absolute atomic E-state index is 5.98. The van der Waals surface area contributed by atoms with Gasteiger partial charge < -0.3 is 10.6 Å². The zero-order chi connectivity index (χ0) is 11.7. The van der Waals surface area contributed by atoms with Crippen molar-refractivity contribution in [1.82, 2.24) is 9.80 Å². The van der Waals surface area contributed by atoms with E-state index in [2.05, 4.69) is 44.7 Å². The van der Waals surface area contributed by atoms with E-state index >= 15 is 0 Å². The molecule has 0 saturated carbocycles. The molecule has 1 aliphatic rings. The summed E-state index contributed by atoms with van der Waals surface area (Å²) in [6.07, 6.45) is 1.20. The second-order valence-electron chi connectivity index (χ2n) is 6.33. The van der Waals surface area contributed by atoms with Gasteiger partial charge in [-0.2, -0.15) is 0 Å². The first-order chi connectivity index (χ1) is 6.79. The largest absolute Gasteiger partial charge is 0.329 e. The Bertz CT molecular complexity index is 209. The topological polar surface area (TPSA) is 32.5 Å². The second kappa shape index (κ2) is 4.40. The van der Waals surface area contributed by atoms with Gasteiger partial charge in [0.15, 0.2) is 0 Å². The molecular formula is C12H27N3. The van der Waals surface area contributed by atoms with Gasteiger partial charge in [0.25, 0.3) is 0 Å². The smallest absolute Gasteiger partial charge is 0.0467 e. The summed E-state index contributed by atoms with van der Waals surface area (Å²) in [5, 5.41) is 0. The Hall–Kier alpha value is -0.120. The van der Waals surface area contributed by atoms with Crippen LogP contribution in [0.4, 0.5) is 0 Å². The van der Waals surface area contributed by atoms with Crippen molar-refractivity contribution < 1.29 is 0 Å². The minimum atomic E-state index is 0.210. The Labute approximate surface area is 94.6 Å². The number of rotatable bonds is 3. The van der Waals surface area contributed by atoms with Crippen LogP contribution in [-0.4, -0.2) is 55.6 Å². The average molecular weight is 213 g/mol. The number of hydrogen-bond acceptors (Lipinski definition) is 3. The molecule has 1 heterocycles. The lowest BCUT2D eigenvalue weighted by Crippen LogP contribution is -2.55. The number of hydrogen-bond donors (Lipinski definition) is 1. The minimum absolute atomic E-state index is 0.210. The third kappa shape index (κ3) is 3.16. The van der Waals surface area contributed by atoms with Gasteiger partial charge in [-0.3, -0.25) is 4.90 Å². The van der Waals surface area contributed by atoms with Crippen LogP contribution in [0, 0.1) is 5.41 Å².